The highest BCUT2D eigenvalue weighted by molar-refractivity contribution is 6.34. The number of hydrogen-bond donors (Lipinski definition) is 2. The Hall–Kier alpha value is -2.77. The normalized spacial score (nSPS) is 10.6. The molecule has 0 aromatic heterocycles. The molecule has 7 nitrogen and oxygen atoms in total. The monoisotopic (exact) mass is 448 g/mol. The Morgan fingerprint density at radius 2 is 1.77 bits per heavy atom. The van der Waals surface area contributed by atoms with Crippen molar-refractivity contribution in [1.29, 1.82) is 0 Å². The van der Waals surface area contributed by atoms with Gasteiger partial charge in [-0.05, 0) is 48.7 Å². The molecule has 31 heavy (non-hydrogen) atoms. The molecule has 168 valence electrons. The maximum Gasteiger partial charge on any atom is 0.255 e. The molecule has 2 aromatic carbocycles. The number of carbonyl (C=O) groups is 2. The summed E-state index contributed by atoms with van der Waals surface area (Å²) in [6, 6.07) is 9.73. The third kappa shape index (κ3) is 7.45. The third-order valence-electron chi connectivity index (χ3n) is 4.44. The van der Waals surface area contributed by atoms with Gasteiger partial charge >= 0.3 is 0 Å². The Labute approximate surface area is 188 Å². The van der Waals surface area contributed by atoms with Crippen molar-refractivity contribution in [1.82, 2.24) is 5.32 Å². The molecule has 0 saturated heterocycles. The zero-order valence-corrected chi connectivity index (χ0v) is 19.0. The maximum absolute atomic E-state index is 12.7. The number of ether oxygens (including phenoxy) is 3. The lowest BCUT2D eigenvalue weighted by Crippen LogP contribution is -2.27. The second-order valence-electron chi connectivity index (χ2n) is 7.29. The summed E-state index contributed by atoms with van der Waals surface area (Å²) in [6.07, 6.45) is 0.923. The van der Waals surface area contributed by atoms with Crippen molar-refractivity contribution < 1.29 is 23.8 Å². The highest BCUT2D eigenvalue weighted by Gasteiger charge is 2.14. The van der Waals surface area contributed by atoms with Gasteiger partial charge in [0.2, 0.25) is 0 Å². The largest absolute Gasteiger partial charge is 0.493 e. The summed E-state index contributed by atoms with van der Waals surface area (Å²) in [4.78, 5) is 24.8. The lowest BCUT2D eigenvalue weighted by Gasteiger charge is -2.13. The van der Waals surface area contributed by atoms with Crippen LogP contribution in [0.4, 0.5) is 5.69 Å². The van der Waals surface area contributed by atoms with Crippen molar-refractivity contribution >= 4 is 29.1 Å². The predicted molar refractivity (Wildman–Crippen MR) is 122 cm³/mol. The lowest BCUT2D eigenvalue weighted by atomic mass is 10.1. The zero-order valence-electron chi connectivity index (χ0n) is 18.3. The van der Waals surface area contributed by atoms with E-state index in [1.807, 2.05) is 0 Å². The molecule has 8 heteroatoms. The van der Waals surface area contributed by atoms with Crippen molar-refractivity contribution in [2.24, 2.45) is 5.92 Å². The molecule has 0 fully saturated rings. The fourth-order valence-electron chi connectivity index (χ4n) is 2.67. The predicted octanol–water partition coefficient (Wildman–Crippen LogP) is 4.40. The second-order valence-corrected chi connectivity index (χ2v) is 7.70. The lowest BCUT2D eigenvalue weighted by molar-refractivity contribution is 0.0936. The van der Waals surface area contributed by atoms with Gasteiger partial charge in [0.1, 0.15) is 0 Å². The summed E-state index contributed by atoms with van der Waals surface area (Å²) in [5, 5.41) is 5.71. The Balaban J connectivity index is 2.05. The first-order chi connectivity index (χ1) is 14.8. The minimum Gasteiger partial charge on any atom is -0.493 e. The van der Waals surface area contributed by atoms with Crippen molar-refractivity contribution in [3.8, 4) is 11.5 Å². The zero-order chi connectivity index (χ0) is 22.8. The summed E-state index contributed by atoms with van der Waals surface area (Å²) in [5.74, 6) is 0.966. The molecule has 2 N–H and O–H groups in total. The number of rotatable bonds is 11. The Morgan fingerprint density at radius 1 is 1.00 bits per heavy atom. The number of nitrogens with one attached hydrogen (secondary N) is 2. The minimum absolute atomic E-state index is 0.235. The van der Waals surface area contributed by atoms with Gasteiger partial charge in [0.15, 0.2) is 11.5 Å². The van der Waals surface area contributed by atoms with E-state index < -0.39 is 0 Å². The topological polar surface area (TPSA) is 85.9 Å². The van der Waals surface area contributed by atoms with E-state index in [1.54, 1.807) is 37.4 Å². The molecule has 0 saturated carbocycles. The van der Waals surface area contributed by atoms with Gasteiger partial charge in [0.25, 0.3) is 11.8 Å². The average Bonchev–Trinajstić information content (AvgIpc) is 2.73. The van der Waals surface area contributed by atoms with Gasteiger partial charge in [-0.2, -0.15) is 0 Å². The minimum atomic E-state index is -0.333. The number of amides is 2. The van der Waals surface area contributed by atoms with Gasteiger partial charge in [0.05, 0.1) is 30.9 Å². The molecule has 2 rings (SSSR count). The molecule has 0 aliphatic carbocycles. The molecular weight excluding hydrogens is 420 g/mol. The average molecular weight is 449 g/mol. The van der Waals surface area contributed by atoms with Crippen molar-refractivity contribution in [3.05, 3.63) is 52.5 Å². The van der Waals surface area contributed by atoms with Crippen molar-refractivity contribution in [3.63, 3.8) is 0 Å². The molecule has 0 radical (unpaired) electrons. The summed E-state index contributed by atoms with van der Waals surface area (Å²) in [7, 11) is 3.09. The van der Waals surface area contributed by atoms with Gasteiger partial charge in [-0.15, -0.1) is 0 Å². The molecule has 0 unspecified atom stereocenters. The summed E-state index contributed by atoms with van der Waals surface area (Å²) in [5.41, 5.74) is 1.20. The van der Waals surface area contributed by atoms with E-state index in [9.17, 15) is 9.59 Å². The first-order valence-electron chi connectivity index (χ1n) is 10.0. The molecule has 0 aliphatic heterocycles. The van der Waals surface area contributed by atoms with Crippen LogP contribution in [0.3, 0.4) is 0 Å². The molecule has 0 atom stereocenters. The van der Waals surface area contributed by atoms with Gasteiger partial charge in [-0.3, -0.25) is 9.59 Å². The fraction of sp³-hybridized carbons (Fsp3) is 0.391. The molecular formula is C23H29ClN2O5. The third-order valence-corrected chi connectivity index (χ3v) is 4.75. The molecule has 0 spiro atoms. The van der Waals surface area contributed by atoms with Crippen LogP contribution >= 0.6 is 11.6 Å². The fourth-order valence-corrected chi connectivity index (χ4v) is 2.94. The standard InChI is InChI=1S/C23H29ClN2O5/c1-15(2)9-11-31-20-8-5-16(13-21(20)30-4)22(27)26-17-6-7-18(19(24)14-17)23(28)25-10-12-29-3/h5-8,13-15H,9-12H2,1-4H3,(H,25,28)(H,26,27). The van der Waals surface area contributed by atoms with E-state index in [1.165, 1.54) is 13.2 Å². The summed E-state index contributed by atoms with van der Waals surface area (Å²) >= 11 is 6.23. The smallest absolute Gasteiger partial charge is 0.255 e. The molecule has 0 aliphatic rings. The Morgan fingerprint density at radius 3 is 2.42 bits per heavy atom. The van der Waals surface area contributed by atoms with Crippen LogP contribution in [0.25, 0.3) is 0 Å². The van der Waals surface area contributed by atoms with Crippen LogP contribution in [0.1, 0.15) is 41.0 Å². The number of anilines is 1. The van der Waals surface area contributed by atoms with Crippen molar-refractivity contribution in [2.45, 2.75) is 20.3 Å². The van der Waals surface area contributed by atoms with E-state index in [0.29, 0.717) is 54.0 Å². The van der Waals surface area contributed by atoms with Crippen LogP contribution in [0, 0.1) is 5.92 Å². The first-order valence-corrected chi connectivity index (χ1v) is 10.4. The summed E-state index contributed by atoms with van der Waals surface area (Å²) < 4.78 is 16.0. The Kier molecular flexibility index (Phi) is 9.62. The highest BCUT2D eigenvalue weighted by Crippen LogP contribution is 2.29. The number of methoxy groups -OCH3 is 2. The van der Waals surface area contributed by atoms with E-state index in [4.69, 9.17) is 25.8 Å². The van der Waals surface area contributed by atoms with Crippen LogP contribution in [0.5, 0.6) is 11.5 Å². The molecule has 2 aromatic rings. The van der Waals surface area contributed by atoms with Crippen LogP contribution in [0.2, 0.25) is 5.02 Å². The van der Waals surface area contributed by atoms with Gasteiger partial charge in [0, 0.05) is 24.9 Å². The molecule has 0 bridgehead atoms. The van der Waals surface area contributed by atoms with Crippen LogP contribution in [-0.4, -0.2) is 45.8 Å². The maximum atomic E-state index is 12.7. The van der Waals surface area contributed by atoms with Crippen LogP contribution < -0.4 is 20.1 Å². The summed E-state index contributed by atoms with van der Waals surface area (Å²) in [6.45, 7) is 5.61. The highest BCUT2D eigenvalue weighted by atomic mass is 35.5. The number of carbonyl (C=O) groups excluding carboxylic acids is 2. The van der Waals surface area contributed by atoms with Gasteiger partial charge in [-0.1, -0.05) is 25.4 Å². The van der Waals surface area contributed by atoms with E-state index in [0.717, 1.165) is 6.42 Å². The van der Waals surface area contributed by atoms with E-state index >= 15 is 0 Å². The number of hydrogen-bond acceptors (Lipinski definition) is 5. The quantitative estimate of drug-likeness (QED) is 0.497. The number of benzene rings is 2. The van der Waals surface area contributed by atoms with Gasteiger partial charge < -0.3 is 24.8 Å². The van der Waals surface area contributed by atoms with Gasteiger partial charge in [-0.25, -0.2) is 0 Å². The molecule has 0 heterocycles. The Bertz CT molecular complexity index is 902. The van der Waals surface area contributed by atoms with E-state index in [2.05, 4.69) is 24.5 Å². The second kappa shape index (κ2) is 12.2. The van der Waals surface area contributed by atoms with E-state index in [-0.39, 0.29) is 16.8 Å². The first kappa shape index (κ1) is 24.5. The number of halogens is 1. The van der Waals surface area contributed by atoms with Crippen LogP contribution in [0.15, 0.2) is 36.4 Å². The van der Waals surface area contributed by atoms with Crippen LogP contribution in [-0.2, 0) is 4.74 Å². The SMILES string of the molecule is COCCNC(=O)c1ccc(NC(=O)c2ccc(OCCC(C)C)c(OC)c2)cc1Cl. The van der Waals surface area contributed by atoms with Crippen molar-refractivity contribution in [2.75, 3.05) is 39.3 Å². The molecule has 2 amide bonds.